The molecule has 0 saturated carbocycles. The third-order valence-corrected chi connectivity index (χ3v) is 5.44. The van der Waals surface area contributed by atoms with Crippen LogP contribution in [0.3, 0.4) is 0 Å². The Balaban J connectivity index is 0.00000205. The van der Waals surface area contributed by atoms with Crippen molar-refractivity contribution in [2.24, 2.45) is 0 Å². The van der Waals surface area contributed by atoms with Crippen molar-refractivity contribution < 1.29 is 20.1 Å². The van der Waals surface area contributed by atoms with E-state index in [1.54, 1.807) is 0 Å². The number of pyridine rings is 1. The van der Waals surface area contributed by atoms with Gasteiger partial charge in [-0.05, 0) is 48.9 Å². The molecule has 5 rings (SSSR count). The van der Waals surface area contributed by atoms with Gasteiger partial charge in [0.1, 0.15) is 11.8 Å². The van der Waals surface area contributed by atoms with Crippen molar-refractivity contribution in [2.45, 2.75) is 20.8 Å². The van der Waals surface area contributed by atoms with Gasteiger partial charge < -0.3 is 4.40 Å². The average molecular weight is 553 g/mol. The summed E-state index contributed by atoms with van der Waals surface area (Å²) in [6, 6.07) is 22.4. The van der Waals surface area contributed by atoms with Gasteiger partial charge in [0.15, 0.2) is 0 Å². The van der Waals surface area contributed by atoms with Gasteiger partial charge in [0, 0.05) is 37.4 Å². The van der Waals surface area contributed by atoms with Gasteiger partial charge in [-0.3, -0.25) is 4.98 Å². The third kappa shape index (κ3) is 2.86. The van der Waals surface area contributed by atoms with Crippen molar-refractivity contribution >= 4 is 27.3 Å². The standard InChI is InChI=1S/C25H18N3.Ir/c1-15-11-21-19-9-4-5-10-20(19)25-27-18(13-26)14-28(25)24(21)22(12-15)23-16(2)7-6-8-17(23)3;/h4-9,11-12,14H,1-3H3;/q-1;. The molecular weight excluding hydrogens is 535 g/mol. The van der Waals surface area contributed by atoms with Crippen LogP contribution < -0.4 is 0 Å². The molecule has 0 aliphatic carbocycles. The summed E-state index contributed by atoms with van der Waals surface area (Å²) < 4.78 is 2.06. The number of nitrogens with zero attached hydrogens (tertiary/aromatic N) is 3. The van der Waals surface area contributed by atoms with E-state index in [1.165, 1.54) is 27.8 Å². The van der Waals surface area contributed by atoms with Crippen LogP contribution in [0, 0.1) is 38.2 Å². The fourth-order valence-electron chi connectivity index (χ4n) is 4.30. The Labute approximate surface area is 183 Å². The van der Waals surface area contributed by atoms with Crippen molar-refractivity contribution in [3.05, 3.63) is 83.2 Å². The Kier molecular flexibility index (Phi) is 4.74. The van der Waals surface area contributed by atoms with E-state index in [1.807, 2.05) is 18.3 Å². The molecule has 29 heavy (non-hydrogen) atoms. The van der Waals surface area contributed by atoms with E-state index in [2.05, 4.69) is 78.7 Å². The molecule has 4 heteroatoms. The second-order valence-corrected chi connectivity index (χ2v) is 7.37. The zero-order valence-electron chi connectivity index (χ0n) is 16.4. The number of hydrogen-bond acceptors (Lipinski definition) is 2. The Bertz CT molecular complexity index is 1430. The van der Waals surface area contributed by atoms with Gasteiger partial charge in [-0.1, -0.05) is 35.2 Å². The van der Waals surface area contributed by atoms with Crippen LogP contribution in [0.4, 0.5) is 0 Å². The van der Waals surface area contributed by atoms with Gasteiger partial charge in [-0.2, -0.15) is 5.26 Å². The first-order valence-corrected chi connectivity index (χ1v) is 9.31. The molecule has 0 atom stereocenters. The first-order chi connectivity index (χ1) is 13.6. The predicted octanol–water partition coefficient (Wildman–Crippen LogP) is 5.90. The molecule has 0 fully saturated rings. The molecule has 0 unspecified atom stereocenters. The molecule has 0 aliphatic rings. The summed E-state index contributed by atoms with van der Waals surface area (Å²) in [5, 5.41) is 12.7. The first-order valence-electron chi connectivity index (χ1n) is 9.31. The van der Waals surface area contributed by atoms with Crippen LogP contribution in [0.15, 0.2) is 54.7 Å². The van der Waals surface area contributed by atoms with Crippen LogP contribution in [0.1, 0.15) is 22.4 Å². The predicted molar refractivity (Wildman–Crippen MR) is 113 cm³/mol. The van der Waals surface area contributed by atoms with Crippen molar-refractivity contribution in [3.63, 3.8) is 0 Å². The zero-order chi connectivity index (χ0) is 19.4. The van der Waals surface area contributed by atoms with Gasteiger partial charge in [0.25, 0.3) is 0 Å². The molecule has 3 aromatic carbocycles. The smallest absolute Gasteiger partial charge is 0.148 e. The monoisotopic (exact) mass is 553 g/mol. The van der Waals surface area contributed by atoms with E-state index in [0.717, 1.165) is 27.3 Å². The number of aryl methyl sites for hydroxylation is 3. The van der Waals surface area contributed by atoms with E-state index in [-0.39, 0.29) is 20.1 Å². The van der Waals surface area contributed by atoms with E-state index in [4.69, 9.17) is 0 Å². The largest absolute Gasteiger partial charge is 0.338 e. The number of fused-ring (bicyclic) bond motifs is 6. The minimum atomic E-state index is 0. The van der Waals surface area contributed by atoms with Gasteiger partial charge in [-0.15, -0.1) is 29.7 Å². The second-order valence-electron chi connectivity index (χ2n) is 7.37. The molecule has 1 radical (unpaired) electrons. The maximum absolute atomic E-state index is 9.47. The number of imidazole rings is 1. The molecule has 0 spiro atoms. The summed E-state index contributed by atoms with van der Waals surface area (Å²) in [5.41, 5.74) is 8.36. The SMILES string of the molecule is Cc1cc(-c2c(C)cccc2C)c2c(c1)c1ccc[c-]c1c1nc(C#N)cn12.[Ir]. The van der Waals surface area contributed by atoms with Crippen LogP contribution >= 0.6 is 0 Å². The van der Waals surface area contributed by atoms with Crippen molar-refractivity contribution in [3.8, 4) is 17.2 Å². The Hall–Kier alpha value is -2.99. The number of aromatic nitrogens is 2. The van der Waals surface area contributed by atoms with Crippen LogP contribution in [0.25, 0.3) is 38.4 Å². The van der Waals surface area contributed by atoms with E-state index < -0.39 is 0 Å². The zero-order valence-corrected chi connectivity index (χ0v) is 18.8. The van der Waals surface area contributed by atoms with E-state index in [9.17, 15) is 5.26 Å². The summed E-state index contributed by atoms with van der Waals surface area (Å²) in [6.07, 6.45) is 1.84. The summed E-state index contributed by atoms with van der Waals surface area (Å²) in [7, 11) is 0. The minimum Gasteiger partial charge on any atom is -0.338 e. The maximum Gasteiger partial charge on any atom is 0.148 e. The van der Waals surface area contributed by atoms with E-state index in [0.29, 0.717) is 5.69 Å². The summed E-state index contributed by atoms with van der Waals surface area (Å²) in [4.78, 5) is 4.58. The number of hydrogen-bond donors (Lipinski definition) is 0. The molecule has 0 bridgehead atoms. The third-order valence-electron chi connectivity index (χ3n) is 5.44. The summed E-state index contributed by atoms with van der Waals surface area (Å²) in [5.74, 6) is 0. The molecule has 0 saturated heterocycles. The van der Waals surface area contributed by atoms with Gasteiger partial charge in [0.2, 0.25) is 0 Å². The quantitative estimate of drug-likeness (QED) is 0.192. The fraction of sp³-hybridized carbons (Fsp3) is 0.120. The molecule has 143 valence electrons. The van der Waals surface area contributed by atoms with Crippen LogP contribution in [-0.4, -0.2) is 9.38 Å². The van der Waals surface area contributed by atoms with Crippen LogP contribution in [0.5, 0.6) is 0 Å². The molecule has 0 aliphatic heterocycles. The van der Waals surface area contributed by atoms with Crippen LogP contribution in [0.2, 0.25) is 0 Å². The first kappa shape index (κ1) is 19.3. The molecule has 3 nitrogen and oxygen atoms in total. The van der Waals surface area contributed by atoms with Gasteiger partial charge in [-0.25, -0.2) is 0 Å². The molecule has 0 N–H and O–H groups in total. The Morgan fingerprint density at radius 3 is 2.48 bits per heavy atom. The summed E-state index contributed by atoms with van der Waals surface area (Å²) in [6.45, 7) is 6.43. The normalized spacial score (nSPS) is 11.0. The topological polar surface area (TPSA) is 41.1 Å². The maximum atomic E-state index is 9.47. The Morgan fingerprint density at radius 1 is 1.00 bits per heavy atom. The van der Waals surface area contributed by atoms with Crippen molar-refractivity contribution in [1.29, 1.82) is 5.26 Å². The van der Waals surface area contributed by atoms with Gasteiger partial charge >= 0.3 is 0 Å². The Morgan fingerprint density at radius 2 is 1.76 bits per heavy atom. The van der Waals surface area contributed by atoms with Gasteiger partial charge in [0.05, 0.1) is 5.65 Å². The number of benzene rings is 3. The average Bonchev–Trinajstić information content (AvgIpc) is 3.12. The van der Waals surface area contributed by atoms with Crippen molar-refractivity contribution in [1.82, 2.24) is 9.38 Å². The van der Waals surface area contributed by atoms with Crippen molar-refractivity contribution in [2.75, 3.05) is 0 Å². The second kappa shape index (κ2) is 7.12. The summed E-state index contributed by atoms with van der Waals surface area (Å²) >= 11 is 0. The number of nitriles is 1. The molecule has 2 heterocycles. The fourth-order valence-corrected chi connectivity index (χ4v) is 4.30. The van der Waals surface area contributed by atoms with Crippen LogP contribution in [-0.2, 0) is 20.1 Å². The minimum absolute atomic E-state index is 0. The number of rotatable bonds is 1. The van der Waals surface area contributed by atoms with E-state index >= 15 is 0 Å². The molecule has 2 aromatic heterocycles. The molecular formula is C25H18IrN3-. The molecule has 5 aromatic rings. The molecule has 0 amide bonds.